The Labute approximate surface area is 51.9 Å². The van der Waals surface area contributed by atoms with Crippen LogP contribution in [0, 0.1) is 12.3 Å². The number of rotatable bonds is 4. The highest BCUT2D eigenvalue weighted by atomic mass is 14.0. The van der Waals surface area contributed by atoms with Crippen molar-refractivity contribution in [3.63, 3.8) is 0 Å². The Morgan fingerprint density at radius 3 is 2.50 bits per heavy atom. The molecule has 1 radical (unpaired) electrons. The van der Waals surface area contributed by atoms with Gasteiger partial charge in [0.15, 0.2) is 0 Å². The lowest BCUT2D eigenvalue weighted by Crippen LogP contribution is -1.86. The van der Waals surface area contributed by atoms with Gasteiger partial charge in [-0.1, -0.05) is 19.1 Å². The molecule has 0 aromatic heterocycles. The third kappa shape index (κ3) is 3.66. The maximum Gasteiger partial charge on any atom is -0.0230 e. The maximum atomic E-state index is 3.65. The fourth-order valence-electron chi connectivity index (χ4n) is 0.407. The molecule has 0 rings (SSSR count). The molecule has 45 valence electrons. The second-order valence-electron chi connectivity index (χ2n) is 1.85. The largest absolute Gasteiger partial charge is 0.103 e. The number of hydrogen-bond acceptors (Lipinski definition) is 0. The van der Waals surface area contributed by atoms with Crippen LogP contribution in [0.15, 0.2) is 25.3 Å². The molecule has 1 atom stereocenters. The van der Waals surface area contributed by atoms with Crippen LogP contribution in [0.25, 0.3) is 0 Å². The summed E-state index contributed by atoms with van der Waals surface area (Å²) in [6.07, 6.45) is 6.96. The maximum absolute atomic E-state index is 3.65. The smallest absolute Gasteiger partial charge is 0.0230 e. The second-order valence-corrected chi connectivity index (χ2v) is 1.85. The highest BCUT2D eigenvalue weighted by molar-refractivity contribution is 4.90. The van der Waals surface area contributed by atoms with Crippen LogP contribution in [0.2, 0.25) is 0 Å². The van der Waals surface area contributed by atoms with Gasteiger partial charge < -0.3 is 0 Å². The Hall–Kier alpha value is -0.520. The fourth-order valence-corrected chi connectivity index (χ4v) is 0.407. The van der Waals surface area contributed by atoms with Gasteiger partial charge in [-0.25, -0.2) is 0 Å². The van der Waals surface area contributed by atoms with Crippen molar-refractivity contribution in [2.24, 2.45) is 5.92 Å². The van der Waals surface area contributed by atoms with Crippen LogP contribution in [0.3, 0.4) is 0 Å². The number of hydrogen-bond donors (Lipinski definition) is 0. The molecular formula is C8H13. The van der Waals surface area contributed by atoms with Crippen LogP contribution in [0.5, 0.6) is 0 Å². The van der Waals surface area contributed by atoms with Gasteiger partial charge in [0.25, 0.3) is 0 Å². The minimum absolute atomic E-state index is 0.521. The van der Waals surface area contributed by atoms with E-state index in [0.717, 1.165) is 6.42 Å². The van der Waals surface area contributed by atoms with E-state index in [4.69, 9.17) is 0 Å². The van der Waals surface area contributed by atoms with E-state index in [9.17, 15) is 0 Å². The Kier molecular flexibility index (Phi) is 4.33. The quantitative estimate of drug-likeness (QED) is 0.487. The highest BCUT2D eigenvalue weighted by Crippen LogP contribution is 2.03. The van der Waals surface area contributed by atoms with Crippen molar-refractivity contribution in [1.29, 1.82) is 0 Å². The topological polar surface area (TPSA) is 0 Å². The molecule has 0 heterocycles. The van der Waals surface area contributed by atoms with Gasteiger partial charge in [-0.05, 0) is 18.8 Å². The molecular weight excluding hydrogens is 96.1 g/mol. The van der Waals surface area contributed by atoms with Crippen LogP contribution < -0.4 is 0 Å². The first-order valence-corrected chi connectivity index (χ1v) is 2.88. The van der Waals surface area contributed by atoms with E-state index >= 15 is 0 Å². The van der Waals surface area contributed by atoms with Gasteiger partial charge in [-0.3, -0.25) is 0 Å². The van der Waals surface area contributed by atoms with Crippen molar-refractivity contribution in [3.8, 4) is 0 Å². The van der Waals surface area contributed by atoms with Crippen LogP contribution in [0.1, 0.15) is 13.3 Å². The second kappa shape index (κ2) is 4.63. The molecule has 0 aromatic rings. The molecule has 0 nitrogen and oxygen atoms in total. The Morgan fingerprint density at radius 1 is 1.50 bits per heavy atom. The SMILES string of the molecule is C=CC[CH]C(C)C=C. The van der Waals surface area contributed by atoms with Crippen LogP contribution in [0.4, 0.5) is 0 Å². The third-order valence-corrected chi connectivity index (χ3v) is 1.05. The molecule has 0 saturated heterocycles. The van der Waals surface area contributed by atoms with Crippen molar-refractivity contribution in [2.75, 3.05) is 0 Å². The molecule has 0 aromatic carbocycles. The summed E-state index contributed by atoms with van der Waals surface area (Å²) in [5.74, 6) is 0.521. The molecule has 0 bridgehead atoms. The van der Waals surface area contributed by atoms with E-state index in [1.54, 1.807) is 0 Å². The van der Waals surface area contributed by atoms with Gasteiger partial charge in [0.2, 0.25) is 0 Å². The Balaban J connectivity index is 3.09. The zero-order valence-corrected chi connectivity index (χ0v) is 5.43. The summed E-state index contributed by atoms with van der Waals surface area (Å²) in [6.45, 7) is 9.36. The Morgan fingerprint density at radius 2 is 2.12 bits per heavy atom. The summed E-state index contributed by atoms with van der Waals surface area (Å²) in [7, 11) is 0. The van der Waals surface area contributed by atoms with Gasteiger partial charge in [-0.2, -0.15) is 0 Å². The zero-order chi connectivity index (χ0) is 6.41. The predicted octanol–water partition coefficient (Wildman–Crippen LogP) is 2.59. The monoisotopic (exact) mass is 109 g/mol. The molecule has 1 unspecified atom stereocenters. The van der Waals surface area contributed by atoms with E-state index in [1.165, 1.54) is 0 Å². The van der Waals surface area contributed by atoms with Crippen molar-refractivity contribution in [1.82, 2.24) is 0 Å². The van der Waals surface area contributed by atoms with Gasteiger partial charge in [-0.15, -0.1) is 13.2 Å². The van der Waals surface area contributed by atoms with E-state index in [2.05, 4.69) is 26.5 Å². The van der Waals surface area contributed by atoms with E-state index in [0.29, 0.717) is 5.92 Å². The first kappa shape index (κ1) is 7.48. The van der Waals surface area contributed by atoms with Gasteiger partial charge >= 0.3 is 0 Å². The van der Waals surface area contributed by atoms with Crippen molar-refractivity contribution in [3.05, 3.63) is 31.7 Å². The summed E-state index contributed by atoms with van der Waals surface area (Å²) in [4.78, 5) is 0. The standard InChI is InChI=1S/C8H13/c1-4-6-7-8(3)5-2/h4-5,7-8H,1-2,6H2,3H3. The molecule has 0 saturated carbocycles. The fraction of sp³-hybridized carbons (Fsp3) is 0.375. The Bertz CT molecular complexity index is 72.1. The zero-order valence-electron chi connectivity index (χ0n) is 5.43. The molecule has 0 amide bonds. The van der Waals surface area contributed by atoms with Crippen molar-refractivity contribution < 1.29 is 0 Å². The lowest BCUT2D eigenvalue weighted by molar-refractivity contribution is 0.826. The summed E-state index contributed by atoms with van der Waals surface area (Å²) >= 11 is 0. The molecule has 0 N–H and O–H groups in total. The summed E-state index contributed by atoms with van der Waals surface area (Å²) < 4.78 is 0. The van der Waals surface area contributed by atoms with Crippen molar-refractivity contribution in [2.45, 2.75) is 13.3 Å². The minimum Gasteiger partial charge on any atom is -0.103 e. The molecule has 0 fully saturated rings. The lowest BCUT2D eigenvalue weighted by atomic mass is 10.1. The molecule has 0 heteroatoms. The molecule has 8 heavy (non-hydrogen) atoms. The molecule has 0 aliphatic carbocycles. The van der Waals surface area contributed by atoms with Crippen LogP contribution in [-0.4, -0.2) is 0 Å². The average Bonchev–Trinajstić information content (AvgIpc) is 1.83. The number of allylic oxidation sites excluding steroid dienone is 2. The first-order valence-electron chi connectivity index (χ1n) is 2.88. The van der Waals surface area contributed by atoms with E-state index in [1.807, 2.05) is 12.2 Å². The van der Waals surface area contributed by atoms with E-state index < -0.39 is 0 Å². The molecule has 0 spiro atoms. The average molecular weight is 109 g/mol. The van der Waals surface area contributed by atoms with Gasteiger partial charge in [0.1, 0.15) is 0 Å². The van der Waals surface area contributed by atoms with Gasteiger partial charge in [0.05, 0.1) is 0 Å². The predicted molar refractivity (Wildman–Crippen MR) is 38.5 cm³/mol. The third-order valence-electron chi connectivity index (χ3n) is 1.05. The minimum atomic E-state index is 0.521. The van der Waals surface area contributed by atoms with Crippen LogP contribution >= 0.6 is 0 Å². The highest BCUT2D eigenvalue weighted by Gasteiger charge is 1.90. The first-order chi connectivity index (χ1) is 3.81. The van der Waals surface area contributed by atoms with Crippen molar-refractivity contribution >= 4 is 0 Å². The summed E-state index contributed by atoms with van der Waals surface area (Å²) in [5, 5.41) is 0. The summed E-state index contributed by atoms with van der Waals surface area (Å²) in [5.41, 5.74) is 0. The lowest BCUT2D eigenvalue weighted by Gasteiger charge is -1.98. The van der Waals surface area contributed by atoms with Gasteiger partial charge in [0, 0.05) is 0 Å². The van der Waals surface area contributed by atoms with E-state index in [-0.39, 0.29) is 0 Å². The normalized spacial score (nSPS) is 12.6. The molecule has 0 aliphatic heterocycles. The summed E-state index contributed by atoms with van der Waals surface area (Å²) in [6, 6.07) is 0. The van der Waals surface area contributed by atoms with Crippen LogP contribution in [-0.2, 0) is 0 Å². The molecule has 0 aliphatic rings.